The molecular weight excluding hydrogens is 296 g/mol. The highest BCUT2D eigenvalue weighted by atomic mass is 35.5. The molecule has 1 heterocycles. The van der Waals surface area contributed by atoms with Gasteiger partial charge in [-0.25, -0.2) is 0 Å². The number of halogens is 1. The molecule has 22 heavy (non-hydrogen) atoms. The number of fused-ring (bicyclic) bond motifs is 2. The van der Waals surface area contributed by atoms with E-state index in [9.17, 15) is 4.79 Å². The molecule has 4 rings (SSSR count). The van der Waals surface area contributed by atoms with Gasteiger partial charge in [0.25, 0.3) is 0 Å². The summed E-state index contributed by atoms with van der Waals surface area (Å²) in [4.78, 5) is 12.2. The minimum atomic E-state index is -0.230. The summed E-state index contributed by atoms with van der Waals surface area (Å²) in [6, 6.07) is 20.9. The third-order valence-corrected chi connectivity index (χ3v) is 4.11. The number of rotatable bonds is 1. The van der Waals surface area contributed by atoms with Crippen molar-refractivity contribution >= 4 is 22.6 Å². The zero-order chi connectivity index (χ0) is 15.1. The largest absolute Gasteiger partial charge is 0.456 e. The van der Waals surface area contributed by atoms with Crippen molar-refractivity contribution in [2.24, 2.45) is 0 Å². The molecule has 0 saturated carbocycles. The van der Waals surface area contributed by atoms with Crippen molar-refractivity contribution in [2.75, 3.05) is 0 Å². The van der Waals surface area contributed by atoms with Gasteiger partial charge in [0.15, 0.2) is 0 Å². The van der Waals surface area contributed by atoms with E-state index in [1.54, 1.807) is 0 Å². The van der Waals surface area contributed by atoms with Crippen LogP contribution in [-0.4, -0.2) is 0 Å². The first-order valence-corrected chi connectivity index (χ1v) is 7.32. The molecule has 0 fully saturated rings. The van der Waals surface area contributed by atoms with Crippen molar-refractivity contribution in [3.63, 3.8) is 0 Å². The van der Waals surface area contributed by atoms with E-state index in [1.807, 2.05) is 60.7 Å². The van der Waals surface area contributed by atoms with Gasteiger partial charge in [0, 0.05) is 22.6 Å². The molecule has 0 bridgehead atoms. The highest BCUT2D eigenvalue weighted by Crippen LogP contribution is 2.39. The van der Waals surface area contributed by atoms with E-state index in [1.165, 1.54) is 6.07 Å². The van der Waals surface area contributed by atoms with Crippen LogP contribution >= 0.6 is 11.6 Å². The molecule has 0 amide bonds. The van der Waals surface area contributed by atoms with E-state index in [4.69, 9.17) is 16.0 Å². The fourth-order valence-corrected chi connectivity index (χ4v) is 2.97. The molecule has 1 aliphatic carbocycles. The molecule has 3 heteroatoms. The molecule has 0 atom stereocenters. The lowest BCUT2D eigenvalue weighted by Gasteiger charge is -2.14. The minimum absolute atomic E-state index is 0.226. The van der Waals surface area contributed by atoms with Gasteiger partial charge in [-0.1, -0.05) is 60.1 Å². The molecule has 1 aliphatic heterocycles. The van der Waals surface area contributed by atoms with Crippen LogP contribution in [0.1, 0.15) is 0 Å². The van der Waals surface area contributed by atoms with Gasteiger partial charge >= 0.3 is 0 Å². The van der Waals surface area contributed by atoms with Crippen molar-refractivity contribution in [1.82, 2.24) is 0 Å². The fourth-order valence-electron chi connectivity index (χ4n) is 2.71. The van der Waals surface area contributed by atoms with Crippen LogP contribution in [0, 0.1) is 0 Å². The summed E-state index contributed by atoms with van der Waals surface area (Å²) >= 11 is 6.30. The lowest BCUT2D eigenvalue weighted by molar-refractivity contribution is 0.619. The van der Waals surface area contributed by atoms with E-state index >= 15 is 0 Å². The third-order valence-electron chi connectivity index (χ3n) is 3.73. The minimum Gasteiger partial charge on any atom is -0.456 e. The standard InChI is InChI=1S/C19H11ClO2/c20-19-15(21)11-17-14(18(19)12-6-2-1-3-7-12)10-13-8-4-5-9-16(13)22-17/h1-11H. The smallest absolute Gasteiger partial charge is 0.201 e. The molecule has 0 unspecified atom stereocenters. The van der Waals surface area contributed by atoms with Crippen molar-refractivity contribution in [3.05, 3.63) is 82.0 Å². The normalized spacial score (nSPS) is 11.1. The van der Waals surface area contributed by atoms with E-state index < -0.39 is 0 Å². The fraction of sp³-hybridized carbons (Fsp3) is 0. The summed E-state index contributed by atoms with van der Waals surface area (Å²) in [5, 5.41) is 1.20. The Morgan fingerprint density at radius 1 is 0.864 bits per heavy atom. The summed E-state index contributed by atoms with van der Waals surface area (Å²) in [6.07, 6.45) is 0. The average Bonchev–Trinajstić information content (AvgIpc) is 2.55. The van der Waals surface area contributed by atoms with Crippen molar-refractivity contribution in [1.29, 1.82) is 0 Å². The topological polar surface area (TPSA) is 30.2 Å². The first-order valence-electron chi connectivity index (χ1n) is 6.94. The number of para-hydroxylation sites is 1. The molecule has 2 nitrogen and oxygen atoms in total. The van der Waals surface area contributed by atoms with E-state index in [2.05, 4.69) is 0 Å². The molecule has 2 aromatic rings. The van der Waals surface area contributed by atoms with Crippen LogP contribution in [0.2, 0.25) is 5.02 Å². The lowest BCUT2D eigenvalue weighted by atomic mass is 9.96. The predicted octanol–water partition coefficient (Wildman–Crippen LogP) is 5.22. The second-order valence-electron chi connectivity index (χ2n) is 5.13. The van der Waals surface area contributed by atoms with Gasteiger partial charge in [0.2, 0.25) is 5.43 Å². The Kier molecular flexibility index (Phi) is 2.98. The van der Waals surface area contributed by atoms with Crippen molar-refractivity contribution in [3.8, 4) is 22.5 Å². The number of hydrogen-bond acceptors (Lipinski definition) is 2. The van der Waals surface area contributed by atoms with Gasteiger partial charge in [0.05, 0.1) is 5.02 Å². The maximum Gasteiger partial charge on any atom is 0.201 e. The molecule has 0 aromatic heterocycles. The second-order valence-corrected chi connectivity index (χ2v) is 5.50. The van der Waals surface area contributed by atoms with Gasteiger partial charge in [-0.3, -0.25) is 4.79 Å². The van der Waals surface area contributed by atoms with Gasteiger partial charge in [-0.2, -0.15) is 0 Å². The second kappa shape index (κ2) is 5.00. The first kappa shape index (κ1) is 13.1. The Labute approximate surface area is 131 Å². The molecule has 2 aliphatic rings. The molecule has 0 radical (unpaired) electrons. The third kappa shape index (κ3) is 2.00. The van der Waals surface area contributed by atoms with Gasteiger partial charge < -0.3 is 4.42 Å². The first-order chi connectivity index (χ1) is 10.7. The number of benzene rings is 3. The average molecular weight is 307 g/mol. The van der Waals surface area contributed by atoms with Crippen LogP contribution in [-0.2, 0) is 0 Å². The summed E-state index contributed by atoms with van der Waals surface area (Å²) < 4.78 is 5.89. The zero-order valence-corrected chi connectivity index (χ0v) is 12.3. The molecule has 0 spiro atoms. The van der Waals surface area contributed by atoms with Crippen LogP contribution in [0.3, 0.4) is 0 Å². The Morgan fingerprint density at radius 3 is 2.41 bits per heavy atom. The SMILES string of the molecule is O=c1cc2oc3ccccc3cc-2c(-c2ccccc2)c1Cl. The lowest BCUT2D eigenvalue weighted by Crippen LogP contribution is -2.04. The quantitative estimate of drug-likeness (QED) is 0.451. The summed E-state index contributed by atoms with van der Waals surface area (Å²) in [5.74, 6) is 0.548. The van der Waals surface area contributed by atoms with Crippen LogP contribution in [0.5, 0.6) is 0 Å². The zero-order valence-electron chi connectivity index (χ0n) is 11.5. The highest BCUT2D eigenvalue weighted by molar-refractivity contribution is 6.34. The van der Waals surface area contributed by atoms with Crippen LogP contribution in [0.15, 0.2) is 75.9 Å². The van der Waals surface area contributed by atoms with E-state index in [0.29, 0.717) is 5.76 Å². The maximum absolute atomic E-state index is 12.2. The molecule has 106 valence electrons. The Morgan fingerprint density at radius 2 is 1.59 bits per heavy atom. The molecular formula is C19H11ClO2. The monoisotopic (exact) mass is 306 g/mol. The van der Waals surface area contributed by atoms with Crippen LogP contribution in [0.25, 0.3) is 33.4 Å². The maximum atomic E-state index is 12.2. The van der Waals surface area contributed by atoms with Gasteiger partial charge in [-0.05, 0) is 17.7 Å². The Hall–Kier alpha value is -2.58. The van der Waals surface area contributed by atoms with E-state index in [0.717, 1.165) is 27.7 Å². The van der Waals surface area contributed by atoms with E-state index in [-0.39, 0.29) is 10.5 Å². The van der Waals surface area contributed by atoms with Crippen LogP contribution < -0.4 is 5.43 Å². The molecule has 0 saturated heterocycles. The Balaban J connectivity index is 2.17. The number of hydrogen-bond donors (Lipinski definition) is 0. The molecule has 0 N–H and O–H groups in total. The van der Waals surface area contributed by atoms with Crippen molar-refractivity contribution in [2.45, 2.75) is 0 Å². The van der Waals surface area contributed by atoms with Gasteiger partial charge in [-0.15, -0.1) is 0 Å². The van der Waals surface area contributed by atoms with Gasteiger partial charge in [0.1, 0.15) is 11.3 Å². The van der Waals surface area contributed by atoms with Crippen LogP contribution in [0.4, 0.5) is 0 Å². The molecule has 2 aromatic carbocycles. The predicted molar refractivity (Wildman–Crippen MR) is 89.6 cm³/mol. The summed E-state index contributed by atoms with van der Waals surface area (Å²) in [5.41, 5.74) is 2.98. The summed E-state index contributed by atoms with van der Waals surface area (Å²) in [6.45, 7) is 0. The Bertz CT molecular complexity index is 1000. The highest BCUT2D eigenvalue weighted by Gasteiger charge is 2.19. The summed E-state index contributed by atoms with van der Waals surface area (Å²) in [7, 11) is 0. The van der Waals surface area contributed by atoms with Crippen molar-refractivity contribution < 1.29 is 4.42 Å².